The smallest absolute Gasteiger partial charge is 0.408 e. The molecule has 5 rings (SSSR count). The van der Waals surface area contributed by atoms with Gasteiger partial charge in [0.05, 0.1) is 12.1 Å². The highest BCUT2D eigenvalue weighted by molar-refractivity contribution is 5.98. The number of anilines is 1. The maximum absolute atomic E-state index is 11.3. The molecule has 0 spiro atoms. The first-order chi connectivity index (χ1) is 13.8. The van der Waals surface area contributed by atoms with Crippen molar-refractivity contribution in [3.8, 4) is 0 Å². The Balaban J connectivity index is 1.33. The van der Waals surface area contributed by atoms with Crippen molar-refractivity contribution >= 4 is 33.3 Å². The normalized spacial score (nSPS) is 14.0. The van der Waals surface area contributed by atoms with E-state index in [9.17, 15) is 4.79 Å². The lowest BCUT2D eigenvalue weighted by molar-refractivity contribution is 0.555. The minimum atomic E-state index is -0.417. The number of aromatic amines is 1. The molecule has 1 N–H and O–H groups in total. The number of hydrogen-bond donors (Lipinski definition) is 1. The summed E-state index contributed by atoms with van der Waals surface area (Å²) in [4.78, 5) is 20.8. The number of oxazole rings is 1. The average Bonchev–Trinajstić information content (AvgIpc) is 3.11. The maximum Gasteiger partial charge on any atom is 0.417 e. The molecule has 0 unspecified atom stereocenters. The summed E-state index contributed by atoms with van der Waals surface area (Å²) in [5, 5.41) is 2.47. The van der Waals surface area contributed by atoms with Gasteiger partial charge in [0.15, 0.2) is 5.58 Å². The highest BCUT2D eigenvalue weighted by atomic mass is 16.4. The van der Waals surface area contributed by atoms with E-state index < -0.39 is 5.76 Å². The van der Waals surface area contributed by atoms with Crippen molar-refractivity contribution in [3.63, 3.8) is 0 Å². The lowest BCUT2D eigenvalue weighted by Crippen LogP contribution is -2.27. The van der Waals surface area contributed by atoms with Crippen LogP contribution in [0.15, 0.2) is 87.3 Å². The number of hydrogen-bond acceptors (Lipinski definition) is 4. The highest BCUT2D eigenvalue weighted by Gasteiger charge is 2.14. The Kier molecular flexibility index (Phi) is 4.05. The van der Waals surface area contributed by atoms with Crippen molar-refractivity contribution in [3.05, 3.63) is 89.2 Å². The Morgan fingerprint density at radius 2 is 1.93 bits per heavy atom. The Bertz CT molecular complexity index is 1270. The Morgan fingerprint density at radius 3 is 2.89 bits per heavy atom. The van der Waals surface area contributed by atoms with Crippen LogP contribution in [0.3, 0.4) is 0 Å². The summed E-state index contributed by atoms with van der Waals surface area (Å²) in [6.45, 7) is 0.770. The van der Waals surface area contributed by atoms with Crippen LogP contribution in [0.1, 0.15) is 12.0 Å². The molecule has 1 aliphatic rings. The molecule has 5 heteroatoms. The number of nitrogens with zero attached hydrogens (tertiary/aromatic N) is 2. The molecule has 138 valence electrons. The fourth-order valence-corrected chi connectivity index (χ4v) is 3.71. The first-order valence-electron chi connectivity index (χ1n) is 9.35. The van der Waals surface area contributed by atoms with Gasteiger partial charge in [-0.2, -0.15) is 0 Å². The maximum atomic E-state index is 11.3. The van der Waals surface area contributed by atoms with E-state index in [0.29, 0.717) is 5.58 Å². The van der Waals surface area contributed by atoms with Crippen LogP contribution in [0, 0.1) is 0 Å². The van der Waals surface area contributed by atoms with Crippen LogP contribution >= 0.6 is 0 Å². The molecular formula is C23H19N3O2. The van der Waals surface area contributed by atoms with Gasteiger partial charge in [0.25, 0.3) is 0 Å². The van der Waals surface area contributed by atoms with Gasteiger partial charge in [-0.05, 0) is 42.0 Å². The van der Waals surface area contributed by atoms with Gasteiger partial charge in [0.1, 0.15) is 0 Å². The van der Waals surface area contributed by atoms with Crippen LogP contribution < -0.4 is 10.7 Å². The van der Waals surface area contributed by atoms with Crippen LogP contribution in [0.25, 0.3) is 21.9 Å². The molecule has 28 heavy (non-hydrogen) atoms. The van der Waals surface area contributed by atoms with Gasteiger partial charge in [-0.1, -0.05) is 42.5 Å². The number of aliphatic imine (C=N–C) groups is 1. The summed E-state index contributed by atoms with van der Waals surface area (Å²) < 4.78 is 5.16. The van der Waals surface area contributed by atoms with E-state index in [0.717, 1.165) is 36.2 Å². The van der Waals surface area contributed by atoms with E-state index in [-0.39, 0.29) is 0 Å². The molecule has 1 aromatic heterocycles. The first kappa shape index (κ1) is 16.6. The van der Waals surface area contributed by atoms with Gasteiger partial charge in [0, 0.05) is 29.2 Å². The molecule has 0 bridgehead atoms. The number of fused-ring (bicyclic) bond motifs is 2. The summed E-state index contributed by atoms with van der Waals surface area (Å²) in [6, 6.07) is 20.6. The standard InChI is InChI=1S/C23H19N3O2/c27-23-25-20-11-9-16(14-22(20)28-23)8-10-18-15-26(13-12-24-18)21-7-3-5-17-4-1-2-6-19(17)21/h1-7,9,11-14H,8,10,15H2,(H,25,27). The Labute approximate surface area is 161 Å². The topological polar surface area (TPSA) is 61.6 Å². The Hall–Kier alpha value is -3.60. The molecule has 0 radical (unpaired) electrons. The molecule has 0 fully saturated rings. The summed E-state index contributed by atoms with van der Waals surface area (Å²) >= 11 is 0. The van der Waals surface area contributed by atoms with Crippen LogP contribution in [-0.4, -0.2) is 17.2 Å². The third kappa shape index (κ3) is 3.11. The van der Waals surface area contributed by atoms with Crippen molar-refractivity contribution in [1.29, 1.82) is 0 Å². The number of H-pyrrole nitrogens is 1. The zero-order chi connectivity index (χ0) is 18.9. The second-order valence-electron chi connectivity index (χ2n) is 6.96. The lowest BCUT2D eigenvalue weighted by atomic mass is 10.0. The van der Waals surface area contributed by atoms with E-state index in [2.05, 4.69) is 57.3 Å². The molecule has 0 amide bonds. The molecule has 0 saturated carbocycles. The number of aryl methyl sites for hydroxylation is 1. The predicted octanol–water partition coefficient (Wildman–Crippen LogP) is 4.64. The minimum absolute atomic E-state index is 0.417. The molecule has 4 aromatic rings. The average molecular weight is 369 g/mol. The molecule has 5 nitrogen and oxygen atoms in total. The van der Waals surface area contributed by atoms with Crippen molar-refractivity contribution in [1.82, 2.24) is 4.98 Å². The number of nitrogens with one attached hydrogen (secondary N) is 1. The minimum Gasteiger partial charge on any atom is -0.408 e. The van der Waals surface area contributed by atoms with E-state index in [1.54, 1.807) is 0 Å². The van der Waals surface area contributed by atoms with Crippen molar-refractivity contribution in [2.45, 2.75) is 12.8 Å². The second kappa shape index (κ2) is 6.85. The summed E-state index contributed by atoms with van der Waals surface area (Å²) in [7, 11) is 0. The molecular weight excluding hydrogens is 350 g/mol. The zero-order valence-electron chi connectivity index (χ0n) is 15.3. The quantitative estimate of drug-likeness (QED) is 0.570. The molecule has 0 saturated heterocycles. The van der Waals surface area contributed by atoms with Crippen LogP contribution in [-0.2, 0) is 6.42 Å². The summed E-state index contributed by atoms with van der Waals surface area (Å²) in [6.07, 6.45) is 5.60. The summed E-state index contributed by atoms with van der Waals surface area (Å²) in [5.74, 6) is -0.417. The van der Waals surface area contributed by atoms with Gasteiger partial charge in [0.2, 0.25) is 0 Å². The zero-order valence-corrected chi connectivity index (χ0v) is 15.3. The molecule has 3 aromatic carbocycles. The molecule has 0 aliphatic carbocycles. The third-order valence-corrected chi connectivity index (χ3v) is 5.12. The van der Waals surface area contributed by atoms with Crippen molar-refractivity contribution in [2.75, 3.05) is 11.4 Å². The monoisotopic (exact) mass is 369 g/mol. The van der Waals surface area contributed by atoms with E-state index in [1.807, 2.05) is 30.6 Å². The fourth-order valence-electron chi connectivity index (χ4n) is 3.71. The van der Waals surface area contributed by atoms with Crippen LogP contribution in [0.4, 0.5) is 5.69 Å². The second-order valence-corrected chi connectivity index (χ2v) is 6.96. The fraction of sp³-hybridized carbons (Fsp3) is 0.130. The van der Waals surface area contributed by atoms with Gasteiger partial charge in [-0.25, -0.2) is 4.79 Å². The highest BCUT2D eigenvalue weighted by Crippen LogP contribution is 2.28. The van der Waals surface area contributed by atoms with E-state index in [4.69, 9.17) is 4.42 Å². The number of aromatic nitrogens is 1. The van der Waals surface area contributed by atoms with Gasteiger partial charge >= 0.3 is 5.76 Å². The summed E-state index contributed by atoms with van der Waals surface area (Å²) in [5.41, 5.74) is 4.78. The molecule has 0 atom stereocenters. The predicted molar refractivity (Wildman–Crippen MR) is 113 cm³/mol. The first-order valence-corrected chi connectivity index (χ1v) is 9.35. The SMILES string of the molecule is O=c1[nH]c2ccc(CCC3=NC=CN(c4cccc5ccccc45)C3)cc2o1. The van der Waals surface area contributed by atoms with Gasteiger partial charge in [-0.3, -0.25) is 9.98 Å². The molecule has 2 heterocycles. The lowest BCUT2D eigenvalue weighted by Gasteiger charge is -2.25. The van der Waals surface area contributed by atoms with E-state index >= 15 is 0 Å². The number of benzene rings is 3. The number of rotatable bonds is 4. The Morgan fingerprint density at radius 1 is 1.04 bits per heavy atom. The molecule has 1 aliphatic heterocycles. The van der Waals surface area contributed by atoms with Crippen molar-refractivity contribution in [2.24, 2.45) is 4.99 Å². The van der Waals surface area contributed by atoms with Crippen LogP contribution in [0.2, 0.25) is 0 Å². The third-order valence-electron chi connectivity index (χ3n) is 5.12. The van der Waals surface area contributed by atoms with Gasteiger partial charge in [-0.15, -0.1) is 0 Å². The van der Waals surface area contributed by atoms with Gasteiger partial charge < -0.3 is 9.32 Å². The van der Waals surface area contributed by atoms with E-state index in [1.165, 1.54) is 16.5 Å². The van der Waals surface area contributed by atoms with Crippen molar-refractivity contribution < 1.29 is 4.42 Å². The largest absolute Gasteiger partial charge is 0.417 e. The van der Waals surface area contributed by atoms with Crippen LogP contribution in [0.5, 0.6) is 0 Å².